The molecule has 8 nitrogen and oxygen atoms in total. The molecule has 0 unspecified atom stereocenters. The first-order valence-electron chi connectivity index (χ1n) is 15.4. The number of amides is 1. The molecule has 10 heteroatoms. The van der Waals surface area contributed by atoms with E-state index in [9.17, 15) is 26.2 Å². The van der Waals surface area contributed by atoms with Gasteiger partial charge in [0.15, 0.2) is 25.4 Å². The second-order valence-electron chi connectivity index (χ2n) is 11.4. The summed E-state index contributed by atoms with van der Waals surface area (Å²) in [7, 11) is -9.28. The third-order valence-corrected chi connectivity index (χ3v) is 11.0. The molecule has 236 valence electrons. The first-order valence-corrected chi connectivity index (χ1v) is 18.3. The van der Waals surface area contributed by atoms with Crippen molar-refractivity contribution < 1.29 is 30.7 Å². The second kappa shape index (κ2) is 16.5. The SMILES string of the molecule is CCCC[N+](CCCC)(CCCC)CCCC.Cc1ccc(S(=O)(=O)[C@H]2C(=O)N(S(=O)(=O)[O-])[C@@H]2c2ccccc2)cc1. The Kier molecular flexibility index (Phi) is 14.1. The number of β-lactam (4-membered cyclic amide) rings is 1. The van der Waals surface area contributed by atoms with Crippen molar-refractivity contribution in [2.45, 2.75) is 102 Å². The van der Waals surface area contributed by atoms with Gasteiger partial charge in [-0.1, -0.05) is 101 Å². The summed E-state index contributed by atoms with van der Waals surface area (Å²) in [6.45, 7) is 16.8. The Morgan fingerprint density at radius 3 is 1.52 bits per heavy atom. The summed E-state index contributed by atoms with van der Waals surface area (Å²) in [4.78, 5) is 12.1. The Morgan fingerprint density at radius 1 is 0.714 bits per heavy atom. The Hall–Kier alpha value is -2.27. The number of nitrogens with zero attached hydrogens (tertiary/aromatic N) is 2. The topological polar surface area (TPSA) is 112 Å². The average molecular weight is 623 g/mol. The minimum atomic E-state index is -5.13. The molecule has 1 aliphatic rings. The zero-order valence-electron chi connectivity index (χ0n) is 26.0. The zero-order valence-corrected chi connectivity index (χ0v) is 27.6. The van der Waals surface area contributed by atoms with Crippen molar-refractivity contribution in [1.82, 2.24) is 4.31 Å². The molecule has 1 aliphatic heterocycles. The standard InChI is InChI=1S/C16H15NO6S2.C16H36N/c1-11-7-9-13(10-8-11)24(19,20)15-14(12-5-3-2-4-6-12)17(16(15)18)25(21,22)23;1-5-9-13-17(14-10-6-2,15-11-7-3)16-12-8-4/h2-10,14-15H,1H3,(H,21,22,23);5-16H2,1-4H3/q;+1/p-1/t14-,15-;/m1./s1. The van der Waals surface area contributed by atoms with Crippen LogP contribution in [-0.2, 0) is 24.9 Å². The summed E-state index contributed by atoms with van der Waals surface area (Å²) >= 11 is 0. The summed E-state index contributed by atoms with van der Waals surface area (Å²) in [5.41, 5.74) is 1.10. The molecule has 0 aromatic heterocycles. The lowest BCUT2D eigenvalue weighted by Gasteiger charge is -2.46. The second-order valence-corrected chi connectivity index (χ2v) is 14.7. The van der Waals surface area contributed by atoms with Gasteiger partial charge in [0, 0.05) is 0 Å². The molecule has 1 fully saturated rings. The largest absolute Gasteiger partial charge is 0.731 e. The smallest absolute Gasteiger partial charge is 0.257 e. The van der Waals surface area contributed by atoms with Crippen LogP contribution in [0.15, 0.2) is 59.5 Å². The molecule has 0 radical (unpaired) electrons. The molecule has 2 aromatic carbocycles. The number of carbonyl (C=O) groups excluding carboxylic acids is 1. The number of benzene rings is 2. The Balaban J connectivity index is 0.000000319. The molecule has 0 aliphatic carbocycles. The number of carbonyl (C=O) groups is 1. The van der Waals surface area contributed by atoms with Gasteiger partial charge in [0.05, 0.1) is 37.1 Å². The van der Waals surface area contributed by atoms with E-state index in [0.717, 1.165) is 5.56 Å². The van der Waals surface area contributed by atoms with Crippen molar-refractivity contribution in [2.24, 2.45) is 0 Å². The number of hydrogen-bond acceptors (Lipinski definition) is 6. The highest BCUT2D eigenvalue weighted by Gasteiger charge is 2.58. The van der Waals surface area contributed by atoms with Gasteiger partial charge in [0.1, 0.15) is 0 Å². The highest BCUT2D eigenvalue weighted by molar-refractivity contribution is 7.93. The maximum Gasteiger partial charge on any atom is 0.257 e. The van der Waals surface area contributed by atoms with Crippen LogP contribution in [0.5, 0.6) is 0 Å². The maximum absolute atomic E-state index is 12.8. The van der Waals surface area contributed by atoms with Crippen LogP contribution in [-0.4, -0.2) is 67.5 Å². The van der Waals surface area contributed by atoms with Crippen molar-refractivity contribution in [3.8, 4) is 0 Å². The number of sulfone groups is 1. The fourth-order valence-electron chi connectivity index (χ4n) is 5.47. The molecule has 1 amide bonds. The van der Waals surface area contributed by atoms with Crippen molar-refractivity contribution in [3.05, 3.63) is 65.7 Å². The molecule has 1 saturated heterocycles. The molecular formula is C32H50N2O6S2. The normalized spacial score (nSPS) is 17.4. The first-order chi connectivity index (χ1) is 19.9. The van der Waals surface area contributed by atoms with Crippen LogP contribution in [0.1, 0.15) is 96.2 Å². The van der Waals surface area contributed by atoms with E-state index in [2.05, 4.69) is 27.7 Å². The zero-order chi connectivity index (χ0) is 31.4. The van der Waals surface area contributed by atoms with E-state index in [1.165, 1.54) is 106 Å². The van der Waals surface area contributed by atoms with Gasteiger partial charge in [-0.2, -0.15) is 0 Å². The first kappa shape index (κ1) is 35.9. The lowest BCUT2D eigenvalue weighted by Crippen LogP contribution is -2.63. The summed E-state index contributed by atoms with van der Waals surface area (Å²) in [6.07, 6.45) is 11.1. The Labute approximate surface area is 254 Å². The predicted molar refractivity (Wildman–Crippen MR) is 167 cm³/mol. The summed E-state index contributed by atoms with van der Waals surface area (Å²) < 4.78 is 61.5. The number of unbranched alkanes of at least 4 members (excludes halogenated alkanes) is 4. The molecule has 0 spiro atoms. The van der Waals surface area contributed by atoms with E-state index < -0.39 is 37.3 Å². The van der Waals surface area contributed by atoms with Crippen LogP contribution < -0.4 is 0 Å². The van der Waals surface area contributed by atoms with Crippen LogP contribution in [0.25, 0.3) is 0 Å². The van der Waals surface area contributed by atoms with E-state index >= 15 is 0 Å². The highest BCUT2D eigenvalue weighted by Crippen LogP contribution is 2.43. The van der Waals surface area contributed by atoms with Crippen LogP contribution in [0.2, 0.25) is 0 Å². The molecule has 2 aromatic rings. The van der Waals surface area contributed by atoms with Crippen LogP contribution in [0, 0.1) is 6.92 Å². The minimum Gasteiger partial charge on any atom is -0.731 e. The van der Waals surface area contributed by atoms with Gasteiger partial charge < -0.3 is 9.04 Å². The molecule has 3 rings (SSSR count). The van der Waals surface area contributed by atoms with Gasteiger partial charge in [0.25, 0.3) is 5.91 Å². The van der Waals surface area contributed by atoms with Gasteiger partial charge in [-0.3, -0.25) is 4.79 Å². The molecule has 0 saturated carbocycles. The van der Waals surface area contributed by atoms with Crippen molar-refractivity contribution >= 4 is 26.0 Å². The van der Waals surface area contributed by atoms with E-state index in [4.69, 9.17) is 0 Å². The molecule has 42 heavy (non-hydrogen) atoms. The monoisotopic (exact) mass is 622 g/mol. The van der Waals surface area contributed by atoms with Gasteiger partial charge in [-0.05, 0) is 50.3 Å². The lowest BCUT2D eigenvalue weighted by atomic mass is 9.96. The fraction of sp³-hybridized carbons (Fsp3) is 0.594. The average Bonchev–Trinajstić information content (AvgIpc) is 2.95. The van der Waals surface area contributed by atoms with Crippen LogP contribution >= 0.6 is 0 Å². The van der Waals surface area contributed by atoms with Gasteiger partial charge in [-0.25, -0.2) is 21.1 Å². The van der Waals surface area contributed by atoms with Crippen molar-refractivity contribution in [2.75, 3.05) is 26.2 Å². The molecule has 2 atom stereocenters. The van der Waals surface area contributed by atoms with E-state index in [1.54, 1.807) is 37.3 Å². The third-order valence-electron chi connectivity index (χ3n) is 8.01. The van der Waals surface area contributed by atoms with Gasteiger partial charge in [0.2, 0.25) is 0 Å². The van der Waals surface area contributed by atoms with Gasteiger partial charge in [-0.15, -0.1) is 0 Å². The van der Waals surface area contributed by atoms with E-state index in [1.807, 2.05) is 0 Å². The minimum absolute atomic E-state index is 0.0960. The Bertz CT molecular complexity index is 1280. The Morgan fingerprint density at radius 2 is 1.14 bits per heavy atom. The fourth-order valence-corrected chi connectivity index (χ4v) is 8.28. The summed E-state index contributed by atoms with van der Waals surface area (Å²) in [6, 6.07) is 12.3. The molecule has 0 N–H and O–H groups in total. The predicted octanol–water partition coefficient (Wildman–Crippen LogP) is 6.18. The molecule has 1 heterocycles. The number of rotatable bonds is 16. The number of quaternary nitrogens is 1. The number of hydrogen-bond donors (Lipinski definition) is 0. The van der Waals surface area contributed by atoms with E-state index in [0.29, 0.717) is 0 Å². The summed E-state index contributed by atoms with van der Waals surface area (Å²) in [5.74, 6) is -1.23. The number of aryl methyl sites for hydroxylation is 1. The van der Waals surface area contributed by atoms with E-state index in [-0.39, 0.29) is 14.8 Å². The molecular weight excluding hydrogens is 572 g/mol. The maximum atomic E-state index is 12.8. The van der Waals surface area contributed by atoms with Crippen LogP contribution in [0.4, 0.5) is 0 Å². The lowest BCUT2D eigenvalue weighted by molar-refractivity contribution is -0.929. The van der Waals surface area contributed by atoms with Crippen LogP contribution in [0.3, 0.4) is 0 Å². The van der Waals surface area contributed by atoms with Crippen molar-refractivity contribution in [1.29, 1.82) is 0 Å². The molecule has 0 bridgehead atoms. The van der Waals surface area contributed by atoms with Crippen molar-refractivity contribution in [3.63, 3.8) is 0 Å². The quantitative estimate of drug-likeness (QED) is 0.125. The summed E-state index contributed by atoms with van der Waals surface area (Å²) in [5, 5.41) is -1.65. The third kappa shape index (κ3) is 9.36. The van der Waals surface area contributed by atoms with Gasteiger partial charge >= 0.3 is 0 Å². The highest BCUT2D eigenvalue weighted by atomic mass is 32.2.